The smallest absolute Gasteiger partial charge is 0.374 e. The molecule has 2 aromatic carbocycles. The Labute approximate surface area is 171 Å². The van der Waals surface area contributed by atoms with Crippen molar-refractivity contribution in [2.24, 2.45) is 0 Å². The molecule has 0 aliphatic rings. The lowest BCUT2D eigenvalue weighted by molar-refractivity contribution is -0.137. The monoisotopic (exact) mass is 435 g/mol. The maximum absolute atomic E-state index is 13.0. The van der Waals surface area contributed by atoms with Crippen molar-refractivity contribution in [3.8, 4) is 6.07 Å². The number of nitrogens with zero attached hydrogens (tertiary/aromatic N) is 3. The van der Waals surface area contributed by atoms with Crippen molar-refractivity contribution < 1.29 is 18.0 Å². The Hall–Kier alpha value is -3.10. The van der Waals surface area contributed by atoms with Crippen molar-refractivity contribution in [1.82, 2.24) is 10.2 Å². The number of nitriles is 1. The minimum absolute atomic E-state index is 0.0465. The van der Waals surface area contributed by atoms with E-state index in [9.17, 15) is 18.0 Å². The summed E-state index contributed by atoms with van der Waals surface area (Å²) in [5.41, 5.74) is 5.09. The van der Waals surface area contributed by atoms with Gasteiger partial charge in [-0.05, 0) is 35.9 Å². The average Bonchev–Trinajstić information content (AvgIpc) is 3.11. The molecule has 0 radical (unpaired) electrons. The lowest BCUT2D eigenvalue weighted by Gasteiger charge is -2.12. The largest absolute Gasteiger partial charge is 0.417 e. The molecule has 0 spiro atoms. The second-order valence-corrected chi connectivity index (χ2v) is 7.95. The van der Waals surface area contributed by atoms with Crippen LogP contribution in [0.5, 0.6) is 0 Å². The Balaban J connectivity index is 1.67. The van der Waals surface area contributed by atoms with Gasteiger partial charge in [0.25, 0.3) is 5.91 Å². The van der Waals surface area contributed by atoms with E-state index in [0.29, 0.717) is 10.9 Å². The van der Waals surface area contributed by atoms with E-state index in [0.717, 1.165) is 22.0 Å². The number of nitrogens with two attached hydrogens (primary N) is 1. The van der Waals surface area contributed by atoms with Crippen LogP contribution < -0.4 is 11.1 Å². The highest BCUT2D eigenvalue weighted by molar-refractivity contribution is 8.00. The van der Waals surface area contributed by atoms with Gasteiger partial charge < -0.3 is 11.1 Å². The fraction of sp³-hybridized carbons (Fsp3) is 0.111. The van der Waals surface area contributed by atoms with Gasteiger partial charge in [-0.3, -0.25) is 4.79 Å². The number of aromatic nitrogens is 2. The van der Waals surface area contributed by atoms with Crippen molar-refractivity contribution in [2.45, 2.75) is 16.3 Å². The van der Waals surface area contributed by atoms with Gasteiger partial charge in [0.15, 0.2) is 4.34 Å². The molecule has 148 valence electrons. The zero-order valence-corrected chi connectivity index (χ0v) is 16.2. The Morgan fingerprint density at radius 2 is 1.93 bits per heavy atom. The fourth-order valence-corrected chi connectivity index (χ4v) is 3.93. The Kier molecular flexibility index (Phi) is 6.05. The molecule has 0 unspecified atom stereocenters. The number of nitrogen functional groups attached to an aromatic ring is 1. The minimum Gasteiger partial charge on any atom is -0.374 e. The lowest BCUT2D eigenvalue weighted by atomic mass is 10.1. The predicted molar refractivity (Wildman–Crippen MR) is 104 cm³/mol. The molecule has 11 heteroatoms. The molecule has 1 heterocycles. The maximum Gasteiger partial charge on any atom is 0.417 e. The van der Waals surface area contributed by atoms with E-state index in [4.69, 9.17) is 11.0 Å². The second kappa shape index (κ2) is 8.50. The second-order valence-electron chi connectivity index (χ2n) is 5.72. The van der Waals surface area contributed by atoms with E-state index in [-0.39, 0.29) is 11.3 Å². The minimum atomic E-state index is -4.69. The molecular formula is C18H12F3N5OS2. The molecule has 3 rings (SSSR count). The van der Waals surface area contributed by atoms with Gasteiger partial charge in [0.2, 0.25) is 5.13 Å². The molecule has 3 aromatic rings. The standard InChI is InChI=1S/C18H12F3N5OS2/c19-18(20,21)14-7-13(6-5-12(14)8-22)24-15(27)11-3-1-10(2-4-11)9-28-17-26-25-16(23)29-17/h1-7H,9H2,(H2,23,25)(H,24,27). The number of hydrogen-bond acceptors (Lipinski definition) is 7. The van der Waals surface area contributed by atoms with Crippen molar-refractivity contribution in [3.63, 3.8) is 0 Å². The first-order chi connectivity index (χ1) is 13.8. The zero-order valence-electron chi connectivity index (χ0n) is 14.5. The quantitative estimate of drug-likeness (QED) is 0.570. The summed E-state index contributed by atoms with van der Waals surface area (Å²) in [5, 5.41) is 19.3. The summed E-state index contributed by atoms with van der Waals surface area (Å²) in [7, 11) is 0. The molecule has 0 aliphatic carbocycles. The summed E-state index contributed by atoms with van der Waals surface area (Å²) in [6.07, 6.45) is -4.69. The van der Waals surface area contributed by atoms with Crippen LogP contribution in [0.15, 0.2) is 46.8 Å². The van der Waals surface area contributed by atoms with Crippen LogP contribution in [-0.4, -0.2) is 16.1 Å². The number of alkyl halides is 3. The van der Waals surface area contributed by atoms with E-state index < -0.39 is 23.2 Å². The summed E-state index contributed by atoms with van der Waals surface area (Å²) >= 11 is 2.73. The molecule has 1 amide bonds. The van der Waals surface area contributed by atoms with E-state index in [1.54, 1.807) is 24.3 Å². The topological polar surface area (TPSA) is 105 Å². The van der Waals surface area contributed by atoms with Gasteiger partial charge in [0.05, 0.1) is 17.2 Å². The van der Waals surface area contributed by atoms with E-state index in [1.165, 1.54) is 35.2 Å². The molecule has 0 atom stereocenters. The number of rotatable bonds is 5. The first-order valence-corrected chi connectivity index (χ1v) is 9.80. The van der Waals surface area contributed by atoms with Crippen LogP contribution in [-0.2, 0) is 11.9 Å². The van der Waals surface area contributed by atoms with Crippen molar-refractivity contribution in [1.29, 1.82) is 5.26 Å². The summed E-state index contributed by atoms with van der Waals surface area (Å²) in [6.45, 7) is 0. The van der Waals surface area contributed by atoms with Crippen LogP contribution in [0.2, 0.25) is 0 Å². The number of hydrogen-bond donors (Lipinski definition) is 2. The molecule has 1 aromatic heterocycles. The molecular weight excluding hydrogens is 423 g/mol. The van der Waals surface area contributed by atoms with Gasteiger partial charge >= 0.3 is 6.18 Å². The van der Waals surface area contributed by atoms with Crippen LogP contribution in [0.1, 0.15) is 27.0 Å². The normalized spacial score (nSPS) is 11.1. The first-order valence-electron chi connectivity index (χ1n) is 7.99. The third-order valence-electron chi connectivity index (χ3n) is 3.70. The molecule has 6 nitrogen and oxygen atoms in total. The molecule has 0 saturated carbocycles. The molecule has 0 saturated heterocycles. The molecule has 3 N–H and O–H groups in total. The third kappa shape index (κ3) is 5.24. The summed E-state index contributed by atoms with van der Waals surface area (Å²) in [6, 6.07) is 11.2. The van der Waals surface area contributed by atoms with Crippen LogP contribution in [0, 0.1) is 11.3 Å². The van der Waals surface area contributed by atoms with Gasteiger partial charge in [0, 0.05) is 17.0 Å². The molecule has 0 aliphatic heterocycles. The van der Waals surface area contributed by atoms with Crippen LogP contribution in [0.4, 0.5) is 24.0 Å². The van der Waals surface area contributed by atoms with Gasteiger partial charge in [-0.1, -0.05) is 35.2 Å². The highest BCUT2D eigenvalue weighted by Crippen LogP contribution is 2.33. The number of anilines is 2. The highest BCUT2D eigenvalue weighted by atomic mass is 32.2. The van der Waals surface area contributed by atoms with Gasteiger partial charge in [0.1, 0.15) is 0 Å². The van der Waals surface area contributed by atoms with Gasteiger partial charge in [-0.15, -0.1) is 10.2 Å². The highest BCUT2D eigenvalue weighted by Gasteiger charge is 2.34. The van der Waals surface area contributed by atoms with Crippen LogP contribution in [0.25, 0.3) is 0 Å². The fourth-order valence-electron chi connectivity index (χ4n) is 2.33. The summed E-state index contributed by atoms with van der Waals surface area (Å²) in [4.78, 5) is 12.3. The van der Waals surface area contributed by atoms with Gasteiger partial charge in [-0.25, -0.2) is 0 Å². The summed E-state index contributed by atoms with van der Waals surface area (Å²) < 4.78 is 39.8. The van der Waals surface area contributed by atoms with Gasteiger partial charge in [-0.2, -0.15) is 18.4 Å². The van der Waals surface area contributed by atoms with Crippen molar-refractivity contribution >= 4 is 39.8 Å². The number of carbonyl (C=O) groups is 1. The van der Waals surface area contributed by atoms with Crippen LogP contribution >= 0.6 is 23.1 Å². The number of amides is 1. The van der Waals surface area contributed by atoms with E-state index in [2.05, 4.69) is 15.5 Å². The number of thioether (sulfide) groups is 1. The predicted octanol–water partition coefficient (Wildman–Crippen LogP) is 4.56. The average molecular weight is 435 g/mol. The number of halogens is 3. The summed E-state index contributed by atoms with van der Waals surface area (Å²) in [5.74, 6) is 0.0418. The third-order valence-corrected chi connectivity index (χ3v) is 5.66. The van der Waals surface area contributed by atoms with E-state index in [1.807, 2.05) is 0 Å². The molecule has 29 heavy (non-hydrogen) atoms. The van der Waals surface area contributed by atoms with E-state index >= 15 is 0 Å². The Morgan fingerprint density at radius 3 is 2.52 bits per heavy atom. The SMILES string of the molecule is N#Cc1ccc(NC(=O)c2ccc(CSc3nnc(N)s3)cc2)cc1C(F)(F)F. The Morgan fingerprint density at radius 1 is 1.21 bits per heavy atom. The molecule has 0 fully saturated rings. The van der Waals surface area contributed by atoms with Crippen LogP contribution in [0.3, 0.4) is 0 Å². The zero-order chi connectivity index (χ0) is 21.0. The first kappa shape index (κ1) is 20.6. The van der Waals surface area contributed by atoms with Crippen molar-refractivity contribution in [3.05, 3.63) is 64.7 Å². The Bertz CT molecular complexity index is 1070. The number of benzene rings is 2. The van der Waals surface area contributed by atoms with Crippen molar-refractivity contribution in [2.75, 3.05) is 11.1 Å². The number of nitrogens with one attached hydrogen (secondary N) is 1. The maximum atomic E-state index is 13.0. The molecule has 0 bridgehead atoms. The lowest BCUT2D eigenvalue weighted by Crippen LogP contribution is -2.14. The number of carbonyl (C=O) groups excluding carboxylic acids is 1.